The van der Waals surface area contributed by atoms with E-state index < -0.39 is 42.9 Å². The average molecular weight is 591 g/mol. The van der Waals surface area contributed by atoms with Crippen LogP contribution in [0.1, 0.15) is 91.9 Å². The molecule has 0 aromatic carbocycles. The van der Waals surface area contributed by atoms with Gasteiger partial charge in [-0.1, -0.05) is 33.3 Å². The highest BCUT2D eigenvalue weighted by Gasteiger charge is 2.66. The van der Waals surface area contributed by atoms with Crippen LogP contribution in [0.5, 0.6) is 0 Å². The minimum Gasteiger partial charge on any atom is -0.394 e. The summed E-state index contributed by atoms with van der Waals surface area (Å²) in [4.78, 5) is 12.2. The highest BCUT2D eigenvalue weighted by Crippen LogP contribution is 2.72. The molecular formula is C34H54O8. The summed E-state index contributed by atoms with van der Waals surface area (Å²) < 4.78 is 11.3. The van der Waals surface area contributed by atoms with E-state index in [4.69, 9.17) is 9.47 Å². The third-order valence-corrected chi connectivity index (χ3v) is 13.7. The van der Waals surface area contributed by atoms with Crippen LogP contribution in [-0.2, 0) is 14.3 Å². The van der Waals surface area contributed by atoms with Crippen LogP contribution < -0.4 is 0 Å². The molecule has 4 saturated carbocycles. The van der Waals surface area contributed by atoms with Crippen LogP contribution in [-0.4, -0.2) is 80.8 Å². The Hall–Kier alpha value is -0.870. The molecule has 0 radical (unpaired) electrons. The molecule has 0 bridgehead atoms. The maximum atomic E-state index is 12.2. The molecule has 5 fully saturated rings. The molecule has 0 aromatic heterocycles. The molecule has 238 valence electrons. The molecule has 0 spiro atoms. The molecule has 0 aromatic rings. The second-order valence-corrected chi connectivity index (χ2v) is 15.8. The molecule has 1 heterocycles. The van der Waals surface area contributed by atoms with E-state index in [1.165, 1.54) is 31.3 Å². The summed E-state index contributed by atoms with van der Waals surface area (Å²) in [5.74, 6) is 3.85. The predicted octanol–water partition coefficient (Wildman–Crippen LogP) is 3.36. The fraction of sp³-hybridized carbons (Fsp3) is 0.912. The van der Waals surface area contributed by atoms with Crippen LogP contribution in [0, 0.1) is 52.3 Å². The monoisotopic (exact) mass is 590 g/mol. The molecule has 5 N–H and O–H groups in total. The molecule has 6 rings (SSSR count). The first kappa shape index (κ1) is 31.1. The Morgan fingerprint density at radius 2 is 1.83 bits per heavy atom. The smallest absolute Gasteiger partial charge is 0.186 e. The van der Waals surface area contributed by atoms with E-state index in [2.05, 4.69) is 27.7 Å². The topological polar surface area (TPSA) is 137 Å². The molecule has 1 saturated heterocycles. The van der Waals surface area contributed by atoms with Gasteiger partial charge in [-0.2, -0.15) is 0 Å². The zero-order valence-corrected chi connectivity index (χ0v) is 26.0. The van der Waals surface area contributed by atoms with Crippen LogP contribution in [0.4, 0.5) is 0 Å². The summed E-state index contributed by atoms with van der Waals surface area (Å²) >= 11 is 0. The lowest BCUT2D eigenvalue weighted by Crippen LogP contribution is -2.59. The quantitative estimate of drug-likeness (QED) is 0.305. The minimum atomic E-state index is -1.45. The molecular weight excluding hydrogens is 536 g/mol. The zero-order chi connectivity index (χ0) is 30.2. The largest absolute Gasteiger partial charge is 0.394 e. The third kappa shape index (κ3) is 4.87. The Morgan fingerprint density at radius 3 is 2.57 bits per heavy atom. The minimum absolute atomic E-state index is 0.0976. The van der Waals surface area contributed by atoms with Gasteiger partial charge in [-0.3, -0.25) is 4.79 Å². The Morgan fingerprint density at radius 1 is 1.07 bits per heavy atom. The number of allylic oxidation sites excluding steroid dienone is 1. The van der Waals surface area contributed by atoms with Gasteiger partial charge < -0.3 is 35.0 Å². The Kier molecular flexibility index (Phi) is 8.29. The summed E-state index contributed by atoms with van der Waals surface area (Å²) in [6.07, 6.45) is 5.68. The van der Waals surface area contributed by atoms with E-state index in [9.17, 15) is 30.3 Å². The number of hydrogen-bond acceptors (Lipinski definition) is 8. The second kappa shape index (κ2) is 11.2. The number of ether oxygens (including phenoxy) is 2. The fourth-order valence-corrected chi connectivity index (χ4v) is 11.3. The zero-order valence-electron chi connectivity index (χ0n) is 26.0. The fourth-order valence-electron chi connectivity index (χ4n) is 11.3. The number of hydrogen-bond donors (Lipinski definition) is 5. The lowest BCUT2D eigenvalue weighted by atomic mass is 9.46. The van der Waals surface area contributed by atoms with Crippen molar-refractivity contribution in [2.45, 2.75) is 128 Å². The van der Waals surface area contributed by atoms with E-state index in [1.807, 2.05) is 6.08 Å². The molecule has 5 aliphatic carbocycles. The number of carbonyl (C=O) groups is 1. The van der Waals surface area contributed by atoms with Crippen molar-refractivity contribution in [3.63, 3.8) is 0 Å². The Bertz CT molecular complexity index is 1060. The summed E-state index contributed by atoms with van der Waals surface area (Å²) in [5, 5.41) is 51.8. The standard InChI is InChI=1S/C34H54O8/c1-18(17-41-31-30(39)29(38)28(37)26(16-35)42-31)7-12-34(40)15-20-13-25-23-6-5-21-14-22(36)8-10-32(21,3)24(23)9-11-33(25,4)27(20)19(34)2/h14,18-20,23-31,35,37-40H,5-13,15-17H2,1-4H3/t18?,19-,20-,23+,24-,25-,26+,27-,28+,29-,30+,31+,32-,33-,34?/m0/s1. The average Bonchev–Trinajstić information content (AvgIpc) is 3.39. The molecule has 1 aliphatic heterocycles. The van der Waals surface area contributed by atoms with Crippen LogP contribution >= 0.6 is 0 Å². The van der Waals surface area contributed by atoms with Gasteiger partial charge in [0.2, 0.25) is 0 Å². The van der Waals surface area contributed by atoms with Gasteiger partial charge >= 0.3 is 0 Å². The van der Waals surface area contributed by atoms with Crippen molar-refractivity contribution in [3.8, 4) is 0 Å². The Labute approximate surface area is 250 Å². The molecule has 8 heteroatoms. The van der Waals surface area contributed by atoms with Crippen LogP contribution in [0.25, 0.3) is 0 Å². The number of aliphatic hydroxyl groups excluding tert-OH is 4. The van der Waals surface area contributed by atoms with Gasteiger partial charge in [0.05, 0.1) is 18.8 Å². The maximum Gasteiger partial charge on any atom is 0.186 e. The Balaban J connectivity index is 1.06. The first-order chi connectivity index (χ1) is 19.8. The first-order valence-electron chi connectivity index (χ1n) is 16.7. The van der Waals surface area contributed by atoms with E-state index >= 15 is 0 Å². The van der Waals surface area contributed by atoms with Gasteiger partial charge in [0.1, 0.15) is 24.4 Å². The van der Waals surface area contributed by atoms with Crippen molar-refractivity contribution in [3.05, 3.63) is 11.6 Å². The van der Waals surface area contributed by atoms with Crippen molar-refractivity contribution in [2.75, 3.05) is 13.2 Å². The van der Waals surface area contributed by atoms with Gasteiger partial charge in [0.25, 0.3) is 0 Å². The third-order valence-electron chi connectivity index (χ3n) is 13.7. The van der Waals surface area contributed by atoms with E-state index in [0.29, 0.717) is 42.3 Å². The van der Waals surface area contributed by atoms with E-state index in [0.717, 1.165) is 31.6 Å². The summed E-state index contributed by atoms with van der Waals surface area (Å²) in [7, 11) is 0. The molecule has 2 unspecified atom stereocenters. The van der Waals surface area contributed by atoms with Gasteiger partial charge in [-0.15, -0.1) is 0 Å². The summed E-state index contributed by atoms with van der Waals surface area (Å²) in [6.45, 7) is 9.13. The van der Waals surface area contributed by atoms with Crippen molar-refractivity contribution < 1.29 is 39.8 Å². The normalized spacial score (nSPS) is 52.6. The van der Waals surface area contributed by atoms with Crippen LogP contribution in [0.3, 0.4) is 0 Å². The van der Waals surface area contributed by atoms with Gasteiger partial charge in [-0.05, 0) is 116 Å². The SMILES string of the molecule is CC(CCC1(O)C[C@@H]2C[C@H]3[C@@H]4CCC5=CC(=O)CC[C@]5(C)[C@H]4CC[C@]3(C)[C@H]2[C@@H]1C)CO[C@@H]1O[C@H](CO)[C@@H](O)[C@H](O)[C@H]1O. The van der Waals surface area contributed by atoms with Crippen LogP contribution in [0.2, 0.25) is 0 Å². The van der Waals surface area contributed by atoms with Gasteiger partial charge in [0.15, 0.2) is 12.1 Å². The summed E-state index contributed by atoms with van der Waals surface area (Å²) in [5.41, 5.74) is 1.18. The molecule has 15 atom stereocenters. The predicted molar refractivity (Wildman–Crippen MR) is 156 cm³/mol. The van der Waals surface area contributed by atoms with E-state index in [1.54, 1.807) is 0 Å². The summed E-state index contributed by atoms with van der Waals surface area (Å²) in [6, 6.07) is 0. The number of rotatable bonds is 7. The van der Waals surface area contributed by atoms with Crippen molar-refractivity contribution >= 4 is 5.78 Å². The van der Waals surface area contributed by atoms with Crippen molar-refractivity contribution in [2.24, 2.45) is 52.3 Å². The molecule has 8 nitrogen and oxygen atoms in total. The maximum absolute atomic E-state index is 12.2. The lowest BCUT2D eigenvalue weighted by Gasteiger charge is -2.58. The molecule has 42 heavy (non-hydrogen) atoms. The molecule has 0 amide bonds. The number of fused-ring (bicyclic) bond motifs is 7. The highest BCUT2D eigenvalue weighted by atomic mass is 16.7. The van der Waals surface area contributed by atoms with Crippen molar-refractivity contribution in [1.29, 1.82) is 0 Å². The number of aliphatic hydroxyl groups is 5. The second-order valence-electron chi connectivity index (χ2n) is 15.8. The van der Waals surface area contributed by atoms with Gasteiger partial charge in [-0.25, -0.2) is 0 Å². The van der Waals surface area contributed by atoms with E-state index in [-0.39, 0.29) is 29.3 Å². The van der Waals surface area contributed by atoms with Crippen molar-refractivity contribution in [1.82, 2.24) is 0 Å². The van der Waals surface area contributed by atoms with Crippen LogP contribution in [0.15, 0.2) is 11.6 Å². The molecule has 6 aliphatic rings. The first-order valence-corrected chi connectivity index (χ1v) is 16.7. The number of ketones is 1. The number of carbonyl (C=O) groups excluding carboxylic acids is 1. The highest BCUT2D eigenvalue weighted by molar-refractivity contribution is 5.91. The van der Waals surface area contributed by atoms with Gasteiger partial charge in [0, 0.05) is 6.42 Å². The lowest BCUT2D eigenvalue weighted by molar-refractivity contribution is -0.303.